The maximum absolute atomic E-state index is 13.7. The molecule has 0 spiro atoms. The highest BCUT2D eigenvalue weighted by atomic mass is 19.1. The largest absolute Gasteiger partial charge is 0.497 e. The van der Waals surface area contributed by atoms with Crippen molar-refractivity contribution in [3.63, 3.8) is 0 Å². The Morgan fingerprint density at radius 1 is 1.43 bits per heavy atom. The van der Waals surface area contributed by atoms with Gasteiger partial charge in [0.25, 0.3) is 0 Å². The minimum atomic E-state index is -0.381. The molecular weight excluding hydrogens is 299 g/mol. The lowest BCUT2D eigenvalue weighted by atomic mass is 10.1. The Balaban J connectivity index is 1.86. The topological polar surface area (TPSA) is 67.4 Å². The molecule has 2 N–H and O–H groups in total. The standard InChI is InChI=1S/C17H21FN2O3/c1-3-16(21)20-13-5-4-11(8-13)17(22)19-10-12-9-14(23-2)6-7-15(12)18/h3,6-7,9,11,13H,1,4-5,8,10H2,2H3,(H,19,22)(H,20,21)/t11-,13-/m1/s1. The van der Waals surface area contributed by atoms with Crippen LogP contribution in [0.25, 0.3) is 0 Å². The number of hydrogen-bond acceptors (Lipinski definition) is 3. The molecular formula is C17H21FN2O3. The van der Waals surface area contributed by atoms with Gasteiger partial charge in [-0.2, -0.15) is 0 Å². The SMILES string of the molecule is C=CC(=O)N[C@@H]1CC[C@@H](C(=O)NCc2cc(OC)ccc2F)C1. The van der Waals surface area contributed by atoms with Crippen molar-refractivity contribution in [1.82, 2.24) is 10.6 Å². The fourth-order valence-corrected chi connectivity index (χ4v) is 2.75. The summed E-state index contributed by atoms with van der Waals surface area (Å²) in [5, 5.41) is 5.55. The summed E-state index contributed by atoms with van der Waals surface area (Å²) >= 11 is 0. The molecule has 6 heteroatoms. The van der Waals surface area contributed by atoms with Gasteiger partial charge in [0, 0.05) is 24.1 Å². The van der Waals surface area contributed by atoms with Crippen LogP contribution >= 0.6 is 0 Å². The normalized spacial score (nSPS) is 19.9. The van der Waals surface area contributed by atoms with E-state index in [1.165, 1.54) is 25.3 Å². The summed E-state index contributed by atoms with van der Waals surface area (Å²) < 4.78 is 18.8. The number of halogens is 1. The van der Waals surface area contributed by atoms with Crippen molar-refractivity contribution >= 4 is 11.8 Å². The molecule has 0 saturated heterocycles. The van der Waals surface area contributed by atoms with Crippen LogP contribution in [-0.4, -0.2) is 25.0 Å². The first-order chi connectivity index (χ1) is 11.0. The predicted molar refractivity (Wildman–Crippen MR) is 84.3 cm³/mol. The molecule has 1 aliphatic rings. The van der Waals surface area contributed by atoms with E-state index in [0.29, 0.717) is 24.2 Å². The Kier molecular flexibility index (Phi) is 5.73. The molecule has 0 bridgehead atoms. The molecule has 2 amide bonds. The van der Waals surface area contributed by atoms with Gasteiger partial charge in [-0.05, 0) is 43.5 Å². The summed E-state index contributed by atoms with van der Waals surface area (Å²) in [4.78, 5) is 23.5. The van der Waals surface area contributed by atoms with Crippen LogP contribution in [0.3, 0.4) is 0 Å². The molecule has 0 heterocycles. The van der Waals surface area contributed by atoms with E-state index in [1.807, 2.05) is 0 Å². The van der Waals surface area contributed by atoms with E-state index >= 15 is 0 Å². The fourth-order valence-electron chi connectivity index (χ4n) is 2.75. The molecule has 124 valence electrons. The lowest BCUT2D eigenvalue weighted by molar-refractivity contribution is -0.125. The third kappa shape index (κ3) is 4.55. The highest BCUT2D eigenvalue weighted by Crippen LogP contribution is 2.26. The third-order valence-corrected chi connectivity index (χ3v) is 4.04. The van der Waals surface area contributed by atoms with Gasteiger partial charge in [-0.25, -0.2) is 4.39 Å². The zero-order valence-corrected chi connectivity index (χ0v) is 13.1. The van der Waals surface area contributed by atoms with Gasteiger partial charge in [0.1, 0.15) is 11.6 Å². The first-order valence-corrected chi connectivity index (χ1v) is 7.56. The number of carbonyl (C=O) groups is 2. The number of ether oxygens (including phenoxy) is 1. The third-order valence-electron chi connectivity index (χ3n) is 4.04. The molecule has 0 aromatic heterocycles. The molecule has 0 radical (unpaired) electrons. The number of rotatable bonds is 6. The number of benzene rings is 1. The molecule has 2 atom stereocenters. The Labute approximate surface area is 134 Å². The van der Waals surface area contributed by atoms with E-state index in [4.69, 9.17) is 4.74 Å². The van der Waals surface area contributed by atoms with Gasteiger partial charge in [0.05, 0.1) is 7.11 Å². The summed E-state index contributed by atoms with van der Waals surface area (Å²) in [6.45, 7) is 3.52. The minimum absolute atomic E-state index is 0.00944. The van der Waals surface area contributed by atoms with E-state index in [0.717, 1.165) is 6.42 Å². The first kappa shape index (κ1) is 17.0. The molecule has 23 heavy (non-hydrogen) atoms. The smallest absolute Gasteiger partial charge is 0.243 e. The van der Waals surface area contributed by atoms with Gasteiger partial charge < -0.3 is 15.4 Å². The second-order valence-corrected chi connectivity index (χ2v) is 5.59. The van der Waals surface area contributed by atoms with Crippen molar-refractivity contribution < 1.29 is 18.7 Å². The van der Waals surface area contributed by atoms with Crippen molar-refractivity contribution in [2.75, 3.05) is 7.11 Å². The summed E-state index contributed by atoms with van der Waals surface area (Å²) in [6, 6.07) is 4.41. The number of amides is 2. The molecule has 1 aromatic rings. The van der Waals surface area contributed by atoms with Crippen molar-refractivity contribution in [2.45, 2.75) is 31.8 Å². The second kappa shape index (κ2) is 7.76. The van der Waals surface area contributed by atoms with Crippen LogP contribution in [0, 0.1) is 11.7 Å². The van der Waals surface area contributed by atoms with Gasteiger partial charge in [-0.1, -0.05) is 6.58 Å². The zero-order valence-electron chi connectivity index (χ0n) is 13.1. The first-order valence-electron chi connectivity index (χ1n) is 7.56. The molecule has 0 unspecified atom stereocenters. The number of hydrogen-bond donors (Lipinski definition) is 2. The lowest BCUT2D eigenvalue weighted by Gasteiger charge is -2.13. The van der Waals surface area contributed by atoms with Crippen LogP contribution in [-0.2, 0) is 16.1 Å². The number of carbonyl (C=O) groups excluding carboxylic acids is 2. The van der Waals surface area contributed by atoms with Crippen molar-refractivity contribution in [1.29, 1.82) is 0 Å². The average molecular weight is 320 g/mol. The monoisotopic (exact) mass is 320 g/mol. The van der Waals surface area contributed by atoms with E-state index in [9.17, 15) is 14.0 Å². The summed E-state index contributed by atoms with van der Waals surface area (Å²) in [6.07, 6.45) is 3.27. The lowest BCUT2D eigenvalue weighted by Crippen LogP contribution is -2.33. The van der Waals surface area contributed by atoms with E-state index in [-0.39, 0.29) is 36.1 Å². The van der Waals surface area contributed by atoms with Gasteiger partial charge in [0.2, 0.25) is 11.8 Å². The highest BCUT2D eigenvalue weighted by molar-refractivity contribution is 5.87. The molecule has 5 nitrogen and oxygen atoms in total. The van der Waals surface area contributed by atoms with E-state index < -0.39 is 0 Å². The Hall–Kier alpha value is -2.37. The van der Waals surface area contributed by atoms with Crippen LogP contribution < -0.4 is 15.4 Å². The Morgan fingerprint density at radius 3 is 2.91 bits per heavy atom. The van der Waals surface area contributed by atoms with Crippen LogP contribution in [0.5, 0.6) is 5.75 Å². The van der Waals surface area contributed by atoms with Gasteiger partial charge in [0.15, 0.2) is 0 Å². The quantitative estimate of drug-likeness (QED) is 0.787. The summed E-state index contributed by atoms with van der Waals surface area (Å²) in [7, 11) is 1.51. The number of nitrogens with one attached hydrogen (secondary N) is 2. The van der Waals surface area contributed by atoms with E-state index in [2.05, 4.69) is 17.2 Å². The summed E-state index contributed by atoms with van der Waals surface area (Å²) in [5.41, 5.74) is 0.382. The van der Waals surface area contributed by atoms with Crippen LogP contribution in [0.15, 0.2) is 30.9 Å². The van der Waals surface area contributed by atoms with Gasteiger partial charge in [-0.15, -0.1) is 0 Å². The summed E-state index contributed by atoms with van der Waals surface area (Å²) in [5.74, 6) is -0.353. The zero-order chi connectivity index (χ0) is 16.8. The van der Waals surface area contributed by atoms with Gasteiger partial charge >= 0.3 is 0 Å². The predicted octanol–water partition coefficient (Wildman–Crippen LogP) is 1.92. The molecule has 1 saturated carbocycles. The van der Waals surface area contributed by atoms with Crippen LogP contribution in [0.4, 0.5) is 4.39 Å². The molecule has 0 aliphatic heterocycles. The minimum Gasteiger partial charge on any atom is -0.497 e. The van der Waals surface area contributed by atoms with E-state index in [1.54, 1.807) is 6.07 Å². The molecule has 1 aromatic carbocycles. The maximum atomic E-state index is 13.7. The van der Waals surface area contributed by atoms with Crippen molar-refractivity contribution in [3.8, 4) is 5.75 Å². The Morgan fingerprint density at radius 2 is 2.22 bits per heavy atom. The highest BCUT2D eigenvalue weighted by Gasteiger charge is 2.30. The molecule has 1 fully saturated rings. The molecule has 2 rings (SSSR count). The van der Waals surface area contributed by atoms with Crippen LogP contribution in [0.2, 0.25) is 0 Å². The maximum Gasteiger partial charge on any atom is 0.243 e. The molecule has 1 aliphatic carbocycles. The van der Waals surface area contributed by atoms with Gasteiger partial charge in [-0.3, -0.25) is 9.59 Å². The van der Waals surface area contributed by atoms with Crippen LogP contribution in [0.1, 0.15) is 24.8 Å². The fraction of sp³-hybridized carbons (Fsp3) is 0.412. The van der Waals surface area contributed by atoms with Crippen molar-refractivity contribution in [3.05, 3.63) is 42.2 Å². The van der Waals surface area contributed by atoms with Crippen molar-refractivity contribution in [2.24, 2.45) is 5.92 Å². The number of methoxy groups -OCH3 is 1. The Bertz CT molecular complexity index is 604. The average Bonchev–Trinajstić information content (AvgIpc) is 3.02. The second-order valence-electron chi connectivity index (χ2n) is 5.59.